The molecule has 0 aliphatic heterocycles. The smallest absolute Gasteiger partial charge is 0.0807 e. The number of rotatable bonds is 3. The predicted molar refractivity (Wildman–Crippen MR) is 81.3 cm³/mol. The van der Waals surface area contributed by atoms with Gasteiger partial charge in [-0.2, -0.15) is 0 Å². The van der Waals surface area contributed by atoms with E-state index in [1.807, 2.05) is 6.07 Å². The van der Waals surface area contributed by atoms with E-state index in [1.54, 1.807) is 0 Å². The maximum absolute atomic E-state index is 10.5. The summed E-state index contributed by atoms with van der Waals surface area (Å²) in [5.74, 6) is 0.499. The van der Waals surface area contributed by atoms with Gasteiger partial charge in [0.25, 0.3) is 0 Å². The van der Waals surface area contributed by atoms with Crippen molar-refractivity contribution in [2.24, 2.45) is 0 Å². The number of halogens is 1. The van der Waals surface area contributed by atoms with E-state index in [1.165, 1.54) is 16.7 Å². The zero-order valence-electron chi connectivity index (χ0n) is 10.9. The van der Waals surface area contributed by atoms with Crippen LogP contribution in [0.15, 0.2) is 46.9 Å². The van der Waals surface area contributed by atoms with Crippen molar-refractivity contribution in [3.8, 4) is 0 Å². The number of benzene rings is 2. The second kappa shape index (κ2) is 5.10. The van der Waals surface area contributed by atoms with Gasteiger partial charge in [-0.1, -0.05) is 57.9 Å². The lowest BCUT2D eigenvalue weighted by atomic mass is 9.74. The van der Waals surface area contributed by atoms with Gasteiger partial charge in [-0.15, -0.1) is 0 Å². The van der Waals surface area contributed by atoms with Gasteiger partial charge in [0, 0.05) is 4.47 Å². The molecule has 3 rings (SSSR count). The van der Waals surface area contributed by atoms with E-state index >= 15 is 0 Å². The number of aliphatic hydroxyl groups excluding tert-OH is 1. The van der Waals surface area contributed by atoms with Crippen LogP contribution in [0.1, 0.15) is 40.7 Å². The summed E-state index contributed by atoms with van der Waals surface area (Å²) in [7, 11) is 0. The standard InChI is InChI=1S/C17H17BrO/c1-11-6-7-16(18)15(8-11)17(19)10-13-9-12-4-2-3-5-14(12)13/h2-8,13,17,19H,9-10H2,1H3. The topological polar surface area (TPSA) is 20.2 Å². The minimum absolute atomic E-state index is 0.396. The van der Waals surface area contributed by atoms with Crippen LogP contribution >= 0.6 is 15.9 Å². The molecule has 1 aliphatic carbocycles. The SMILES string of the molecule is Cc1ccc(Br)c(C(O)CC2Cc3ccccc32)c1. The molecule has 2 aromatic carbocycles. The van der Waals surface area contributed by atoms with Crippen molar-refractivity contribution in [3.05, 3.63) is 69.2 Å². The highest BCUT2D eigenvalue weighted by molar-refractivity contribution is 9.10. The molecule has 2 atom stereocenters. The molecular weight excluding hydrogens is 300 g/mol. The Labute approximate surface area is 122 Å². The van der Waals surface area contributed by atoms with Gasteiger partial charge in [0.1, 0.15) is 0 Å². The molecule has 0 spiro atoms. The van der Waals surface area contributed by atoms with E-state index in [9.17, 15) is 5.11 Å². The minimum atomic E-state index is -0.396. The molecule has 1 nitrogen and oxygen atoms in total. The lowest BCUT2D eigenvalue weighted by Crippen LogP contribution is -2.19. The van der Waals surface area contributed by atoms with Crippen LogP contribution < -0.4 is 0 Å². The average molecular weight is 317 g/mol. The monoisotopic (exact) mass is 316 g/mol. The van der Waals surface area contributed by atoms with Gasteiger partial charge in [-0.25, -0.2) is 0 Å². The van der Waals surface area contributed by atoms with Gasteiger partial charge >= 0.3 is 0 Å². The van der Waals surface area contributed by atoms with E-state index in [-0.39, 0.29) is 0 Å². The van der Waals surface area contributed by atoms with E-state index < -0.39 is 6.10 Å². The number of fused-ring (bicyclic) bond motifs is 1. The number of hydrogen-bond donors (Lipinski definition) is 1. The van der Waals surface area contributed by atoms with Gasteiger partial charge in [0.15, 0.2) is 0 Å². The van der Waals surface area contributed by atoms with Gasteiger partial charge in [0.2, 0.25) is 0 Å². The molecule has 0 fully saturated rings. The maximum atomic E-state index is 10.5. The molecule has 0 radical (unpaired) electrons. The third-order valence-electron chi connectivity index (χ3n) is 3.98. The Balaban J connectivity index is 1.76. The number of aliphatic hydroxyl groups is 1. The summed E-state index contributed by atoms with van der Waals surface area (Å²) < 4.78 is 0.998. The molecule has 19 heavy (non-hydrogen) atoms. The molecule has 1 aliphatic rings. The van der Waals surface area contributed by atoms with Crippen molar-refractivity contribution >= 4 is 15.9 Å². The molecule has 0 saturated heterocycles. The van der Waals surface area contributed by atoms with Crippen molar-refractivity contribution < 1.29 is 5.11 Å². The zero-order chi connectivity index (χ0) is 13.4. The fourth-order valence-electron chi connectivity index (χ4n) is 2.89. The van der Waals surface area contributed by atoms with Crippen LogP contribution in [0.2, 0.25) is 0 Å². The van der Waals surface area contributed by atoms with Gasteiger partial charge in [-0.05, 0) is 48.4 Å². The van der Waals surface area contributed by atoms with Crippen molar-refractivity contribution in [1.82, 2.24) is 0 Å². The summed E-state index contributed by atoms with van der Waals surface area (Å²) in [5.41, 5.74) is 5.03. The van der Waals surface area contributed by atoms with Gasteiger partial charge in [0.05, 0.1) is 6.10 Å². The Hall–Kier alpha value is -1.12. The Morgan fingerprint density at radius 1 is 1.26 bits per heavy atom. The molecule has 0 bridgehead atoms. The van der Waals surface area contributed by atoms with Crippen molar-refractivity contribution in [2.45, 2.75) is 31.8 Å². The minimum Gasteiger partial charge on any atom is -0.388 e. The Morgan fingerprint density at radius 2 is 2.05 bits per heavy atom. The van der Waals surface area contributed by atoms with Crippen LogP contribution in [-0.2, 0) is 6.42 Å². The van der Waals surface area contributed by atoms with Crippen LogP contribution in [0.25, 0.3) is 0 Å². The first-order valence-electron chi connectivity index (χ1n) is 6.67. The highest BCUT2D eigenvalue weighted by Gasteiger charge is 2.28. The largest absolute Gasteiger partial charge is 0.388 e. The normalized spacial score (nSPS) is 18.6. The fourth-order valence-corrected chi connectivity index (χ4v) is 3.40. The third kappa shape index (κ3) is 2.47. The van der Waals surface area contributed by atoms with Crippen LogP contribution in [-0.4, -0.2) is 5.11 Å². The third-order valence-corrected chi connectivity index (χ3v) is 4.70. The molecule has 2 aromatic rings. The quantitative estimate of drug-likeness (QED) is 0.882. The van der Waals surface area contributed by atoms with Gasteiger partial charge in [-0.3, -0.25) is 0 Å². The lowest BCUT2D eigenvalue weighted by Gasteiger charge is -2.32. The molecule has 98 valence electrons. The van der Waals surface area contributed by atoms with Crippen LogP contribution in [0, 0.1) is 6.92 Å². The van der Waals surface area contributed by atoms with Crippen LogP contribution in [0.3, 0.4) is 0 Å². The molecule has 0 heterocycles. The van der Waals surface area contributed by atoms with E-state index in [2.05, 4.69) is 59.3 Å². The highest BCUT2D eigenvalue weighted by Crippen LogP contribution is 2.41. The Bertz CT molecular complexity index is 606. The maximum Gasteiger partial charge on any atom is 0.0807 e. The predicted octanol–water partition coefficient (Wildman–Crippen LogP) is 4.52. The average Bonchev–Trinajstić information content (AvgIpc) is 2.38. The van der Waals surface area contributed by atoms with E-state index in [0.717, 1.165) is 22.9 Å². The van der Waals surface area contributed by atoms with Crippen LogP contribution in [0.4, 0.5) is 0 Å². The molecule has 2 heteroatoms. The molecular formula is C17H17BrO. The highest BCUT2D eigenvalue weighted by atomic mass is 79.9. The molecule has 0 saturated carbocycles. The Morgan fingerprint density at radius 3 is 2.84 bits per heavy atom. The summed E-state index contributed by atoms with van der Waals surface area (Å²) in [4.78, 5) is 0. The zero-order valence-corrected chi connectivity index (χ0v) is 12.5. The van der Waals surface area contributed by atoms with Gasteiger partial charge < -0.3 is 5.11 Å². The molecule has 2 unspecified atom stereocenters. The summed E-state index contributed by atoms with van der Waals surface area (Å²) in [6, 6.07) is 14.7. The van der Waals surface area contributed by atoms with Crippen molar-refractivity contribution in [3.63, 3.8) is 0 Å². The van der Waals surface area contributed by atoms with E-state index in [0.29, 0.717) is 5.92 Å². The summed E-state index contributed by atoms with van der Waals surface area (Å²) in [5, 5.41) is 10.5. The second-order valence-electron chi connectivity index (χ2n) is 5.38. The lowest BCUT2D eigenvalue weighted by molar-refractivity contribution is 0.153. The first-order chi connectivity index (χ1) is 9.15. The van der Waals surface area contributed by atoms with E-state index in [4.69, 9.17) is 0 Å². The summed E-state index contributed by atoms with van der Waals surface area (Å²) in [6.07, 6.45) is 1.50. The Kier molecular flexibility index (Phi) is 3.46. The number of hydrogen-bond acceptors (Lipinski definition) is 1. The molecule has 0 aromatic heterocycles. The van der Waals surface area contributed by atoms with Crippen molar-refractivity contribution in [2.75, 3.05) is 0 Å². The summed E-state index contributed by atoms with van der Waals surface area (Å²) >= 11 is 3.53. The molecule has 0 amide bonds. The summed E-state index contributed by atoms with van der Waals surface area (Å²) in [6.45, 7) is 2.06. The number of aryl methyl sites for hydroxylation is 1. The fraction of sp³-hybridized carbons (Fsp3) is 0.294. The first kappa shape index (κ1) is 12.9. The van der Waals surface area contributed by atoms with Crippen molar-refractivity contribution in [1.29, 1.82) is 0 Å². The van der Waals surface area contributed by atoms with Crippen LogP contribution in [0.5, 0.6) is 0 Å². The first-order valence-corrected chi connectivity index (χ1v) is 7.46. The second-order valence-corrected chi connectivity index (χ2v) is 6.23. The molecule has 1 N–H and O–H groups in total.